The molecule has 0 aromatic carbocycles. The molecule has 1 aromatic heterocycles. The van der Waals surface area contributed by atoms with Gasteiger partial charge in [-0.2, -0.15) is 5.10 Å². The maximum atomic E-state index is 11.6. The summed E-state index contributed by atoms with van der Waals surface area (Å²) in [6, 6.07) is -0.509. The van der Waals surface area contributed by atoms with Crippen LogP contribution in [0.2, 0.25) is 0 Å². The fourth-order valence-corrected chi connectivity index (χ4v) is 1.86. The minimum Gasteiger partial charge on any atom is -0.326 e. The van der Waals surface area contributed by atoms with Gasteiger partial charge in [0.15, 0.2) is 9.84 Å². The van der Waals surface area contributed by atoms with E-state index in [0.29, 0.717) is 12.2 Å². The zero-order valence-corrected chi connectivity index (χ0v) is 10.8. The maximum Gasteiger partial charge on any atom is 0.154 e. The molecule has 1 aromatic rings. The van der Waals surface area contributed by atoms with Gasteiger partial charge in [-0.25, -0.2) is 13.4 Å². The number of rotatable bonds is 4. The molecule has 0 aliphatic heterocycles. The van der Waals surface area contributed by atoms with Crippen molar-refractivity contribution in [3.63, 3.8) is 0 Å². The Morgan fingerprint density at radius 3 is 2.50 bits per heavy atom. The average molecular weight is 246 g/mol. The molecular formula is C9H18N4O2S. The third-order valence-corrected chi connectivity index (χ3v) is 5.27. The lowest BCUT2D eigenvalue weighted by atomic mass is 10.0. The highest BCUT2D eigenvalue weighted by atomic mass is 32.2. The molecule has 0 aliphatic carbocycles. The summed E-state index contributed by atoms with van der Waals surface area (Å²) < 4.78 is 23.8. The Bertz CT molecular complexity index is 464. The maximum absolute atomic E-state index is 11.6. The second-order valence-corrected chi connectivity index (χ2v) is 7.08. The summed E-state index contributed by atoms with van der Waals surface area (Å²) >= 11 is 0. The Morgan fingerprint density at radius 2 is 2.12 bits per heavy atom. The number of nitrogens with zero attached hydrogens (tertiary/aromatic N) is 3. The summed E-state index contributed by atoms with van der Waals surface area (Å²) in [5.41, 5.74) is 5.94. The summed E-state index contributed by atoms with van der Waals surface area (Å²) in [6.07, 6.45) is 3.01. The van der Waals surface area contributed by atoms with Crippen LogP contribution in [-0.4, -0.2) is 40.2 Å². The number of hydrogen-bond acceptors (Lipinski definition) is 5. The van der Waals surface area contributed by atoms with E-state index in [1.54, 1.807) is 25.6 Å². The van der Waals surface area contributed by atoms with Crippen molar-refractivity contribution in [2.45, 2.75) is 31.1 Å². The van der Waals surface area contributed by atoms with Crippen LogP contribution in [0.15, 0.2) is 6.33 Å². The van der Waals surface area contributed by atoms with E-state index in [1.165, 1.54) is 12.6 Å². The first-order valence-electron chi connectivity index (χ1n) is 4.94. The van der Waals surface area contributed by atoms with E-state index < -0.39 is 20.6 Å². The van der Waals surface area contributed by atoms with E-state index in [9.17, 15) is 8.42 Å². The Morgan fingerprint density at radius 1 is 1.56 bits per heavy atom. The molecule has 6 nitrogen and oxygen atoms in total. The Hall–Kier alpha value is -0.950. The molecule has 0 saturated heterocycles. The summed E-state index contributed by atoms with van der Waals surface area (Å²) in [6.45, 7) is 3.26. The quantitative estimate of drug-likeness (QED) is 0.774. The van der Waals surface area contributed by atoms with Crippen LogP contribution in [0.4, 0.5) is 0 Å². The van der Waals surface area contributed by atoms with Crippen LogP contribution in [0.25, 0.3) is 0 Å². The predicted molar refractivity (Wildman–Crippen MR) is 61.6 cm³/mol. The number of hydrogen-bond donors (Lipinski definition) is 1. The minimum atomic E-state index is -3.20. The highest BCUT2D eigenvalue weighted by Crippen LogP contribution is 2.20. The second kappa shape index (κ2) is 4.14. The molecule has 0 saturated carbocycles. The molecule has 0 radical (unpaired) electrons. The highest BCUT2D eigenvalue weighted by Gasteiger charge is 2.37. The third-order valence-electron chi connectivity index (χ3n) is 3.06. The normalized spacial score (nSPS) is 15.1. The van der Waals surface area contributed by atoms with Gasteiger partial charge in [0.05, 0.1) is 4.75 Å². The number of aromatic nitrogens is 3. The largest absolute Gasteiger partial charge is 0.326 e. The number of aryl methyl sites for hydroxylation is 1. The van der Waals surface area contributed by atoms with E-state index in [1.807, 2.05) is 0 Å². The predicted octanol–water partition coefficient (Wildman–Crippen LogP) is -0.492. The van der Waals surface area contributed by atoms with Crippen molar-refractivity contribution in [1.29, 1.82) is 0 Å². The SMILES string of the molecule is Cn1ncnc1CC(N)C(C)(C)S(C)(=O)=O. The molecule has 1 atom stereocenters. The van der Waals surface area contributed by atoms with Gasteiger partial charge in [0.25, 0.3) is 0 Å². The van der Waals surface area contributed by atoms with Crippen LogP contribution < -0.4 is 5.73 Å². The van der Waals surface area contributed by atoms with Crippen molar-refractivity contribution in [1.82, 2.24) is 14.8 Å². The van der Waals surface area contributed by atoms with Gasteiger partial charge in [-0.3, -0.25) is 4.68 Å². The van der Waals surface area contributed by atoms with Gasteiger partial charge in [-0.15, -0.1) is 0 Å². The first-order chi connectivity index (χ1) is 7.16. The van der Waals surface area contributed by atoms with E-state index in [0.717, 1.165) is 0 Å². The van der Waals surface area contributed by atoms with Gasteiger partial charge in [-0.05, 0) is 13.8 Å². The molecule has 0 amide bonds. The molecule has 92 valence electrons. The van der Waals surface area contributed by atoms with Crippen LogP contribution in [0.3, 0.4) is 0 Å². The lowest BCUT2D eigenvalue weighted by molar-refractivity contribution is 0.469. The standard InChI is InChI=1S/C9H18N4O2S/c1-9(2,16(4,14)15)7(10)5-8-11-6-12-13(8)3/h6-7H,5,10H2,1-4H3. The monoisotopic (exact) mass is 246 g/mol. The first-order valence-corrected chi connectivity index (χ1v) is 6.83. The zero-order chi connectivity index (χ0) is 12.6. The Labute approximate surface area is 95.8 Å². The zero-order valence-electron chi connectivity index (χ0n) is 10.0. The molecule has 2 N–H and O–H groups in total. The van der Waals surface area contributed by atoms with Crippen molar-refractivity contribution < 1.29 is 8.42 Å². The molecule has 1 rings (SSSR count). The van der Waals surface area contributed by atoms with E-state index in [-0.39, 0.29) is 0 Å². The molecule has 0 bridgehead atoms. The van der Waals surface area contributed by atoms with E-state index in [4.69, 9.17) is 5.73 Å². The van der Waals surface area contributed by atoms with Crippen LogP contribution in [-0.2, 0) is 23.3 Å². The van der Waals surface area contributed by atoms with E-state index in [2.05, 4.69) is 10.1 Å². The van der Waals surface area contributed by atoms with Gasteiger partial charge in [0.1, 0.15) is 12.2 Å². The van der Waals surface area contributed by atoms with Crippen molar-refractivity contribution in [2.75, 3.05) is 6.26 Å². The summed E-state index contributed by atoms with van der Waals surface area (Å²) in [7, 11) is -1.45. The summed E-state index contributed by atoms with van der Waals surface area (Å²) in [5.74, 6) is 0.684. The van der Waals surface area contributed by atoms with Crippen LogP contribution in [0.5, 0.6) is 0 Å². The smallest absolute Gasteiger partial charge is 0.154 e. The van der Waals surface area contributed by atoms with Crippen LogP contribution in [0.1, 0.15) is 19.7 Å². The number of nitrogens with two attached hydrogens (primary N) is 1. The molecule has 0 fully saturated rings. The van der Waals surface area contributed by atoms with Gasteiger partial charge in [0, 0.05) is 25.8 Å². The fourth-order valence-electron chi connectivity index (χ4n) is 1.22. The molecule has 1 unspecified atom stereocenters. The Kier molecular flexibility index (Phi) is 3.39. The fraction of sp³-hybridized carbons (Fsp3) is 0.778. The summed E-state index contributed by atoms with van der Waals surface area (Å²) in [5, 5.41) is 3.91. The Balaban J connectivity index is 2.89. The molecule has 0 aliphatic rings. The lowest BCUT2D eigenvalue weighted by Crippen LogP contribution is -2.50. The summed E-state index contributed by atoms with van der Waals surface area (Å²) in [4.78, 5) is 4.03. The van der Waals surface area contributed by atoms with Gasteiger partial charge < -0.3 is 5.73 Å². The lowest BCUT2D eigenvalue weighted by Gasteiger charge is -2.29. The topological polar surface area (TPSA) is 90.9 Å². The van der Waals surface area contributed by atoms with E-state index >= 15 is 0 Å². The highest BCUT2D eigenvalue weighted by molar-refractivity contribution is 7.92. The van der Waals surface area contributed by atoms with Crippen molar-refractivity contribution >= 4 is 9.84 Å². The van der Waals surface area contributed by atoms with Crippen LogP contribution in [0, 0.1) is 0 Å². The molecule has 16 heavy (non-hydrogen) atoms. The van der Waals surface area contributed by atoms with Crippen molar-refractivity contribution in [3.05, 3.63) is 12.2 Å². The molecular weight excluding hydrogens is 228 g/mol. The third kappa shape index (κ3) is 2.41. The minimum absolute atomic E-state index is 0.385. The molecule has 1 heterocycles. The number of sulfone groups is 1. The first kappa shape index (κ1) is 13.1. The van der Waals surface area contributed by atoms with Gasteiger partial charge in [0.2, 0.25) is 0 Å². The second-order valence-electron chi connectivity index (χ2n) is 4.49. The average Bonchev–Trinajstić information content (AvgIpc) is 2.49. The van der Waals surface area contributed by atoms with Crippen molar-refractivity contribution in [3.8, 4) is 0 Å². The molecule has 0 spiro atoms. The molecule has 7 heteroatoms. The van der Waals surface area contributed by atoms with Gasteiger partial charge in [-0.1, -0.05) is 0 Å². The van der Waals surface area contributed by atoms with Crippen molar-refractivity contribution in [2.24, 2.45) is 12.8 Å². The van der Waals surface area contributed by atoms with Gasteiger partial charge >= 0.3 is 0 Å². The van der Waals surface area contributed by atoms with Crippen LogP contribution >= 0.6 is 0 Å².